The third-order valence-corrected chi connectivity index (χ3v) is 1.87. The lowest BCUT2D eigenvalue weighted by Crippen LogP contribution is -2.38. The molecule has 0 saturated heterocycles. The molecule has 0 aliphatic heterocycles. The van der Waals surface area contributed by atoms with Crippen LogP contribution in [0.15, 0.2) is 0 Å². The molecule has 0 rings (SSSR count). The van der Waals surface area contributed by atoms with E-state index in [4.69, 9.17) is 9.47 Å². The standard InChI is InChI=1S/C11H25NO2/c1-4-7-12-11(9-13-6-3)10-14-8-5-2/h11-12H,4-10H2,1-3H3. The van der Waals surface area contributed by atoms with Crippen LogP contribution in [0.5, 0.6) is 0 Å². The van der Waals surface area contributed by atoms with E-state index in [1.54, 1.807) is 0 Å². The molecule has 1 N–H and O–H groups in total. The summed E-state index contributed by atoms with van der Waals surface area (Å²) in [6, 6.07) is 0.349. The summed E-state index contributed by atoms with van der Waals surface area (Å²) < 4.78 is 10.9. The van der Waals surface area contributed by atoms with Gasteiger partial charge in [0.05, 0.1) is 19.3 Å². The normalized spacial score (nSPS) is 13.1. The minimum Gasteiger partial charge on any atom is -0.380 e. The van der Waals surface area contributed by atoms with Crippen molar-refractivity contribution in [1.29, 1.82) is 0 Å². The summed E-state index contributed by atoms with van der Waals surface area (Å²) in [5.74, 6) is 0. The zero-order chi connectivity index (χ0) is 10.6. The summed E-state index contributed by atoms with van der Waals surface area (Å²) in [6.07, 6.45) is 2.23. The van der Waals surface area contributed by atoms with Crippen molar-refractivity contribution in [2.75, 3.05) is 33.0 Å². The summed E-state index contributed by atoms with van der Waals surface area (Å²) in [6.45, 7) is 10.5. The molecule has 14 heavy (non-hydrogen) atoms. The maximum atomic E-state index is 5.50. The molecular formula is C11H25NO2. The van der Waals surface area contributed by atoms with Gasteiger partial charge in [-0.1, -0.05) is 13.8 Å². The molecule has 0 radical (unpaired) electrons. The molecule has 0 saturated carbocycles. The van der Waals surface area contributed by atoms with Gasteiger partial charge in [0.25, 0.3) is 0 Å². The van der Waals surface area contributed by atoms with E-state index >= 15 is 0 Å². The second kappa shape index (κ2) is 11.0. The molecule has 1 unspecified atom stereocenters. The Morgan fingerprint density at radius 3 is 2.29 bits per heavy atom. The first-order chi connectivity index (χ1) is 6.85. The van der Waals surface area contributed by atoms with Crippen molar-refractivity contribution in [3.8, 4) is 0 Å². The predicted octanol–water partition coefficient (Wildman–Crippen LogP) is 1.82. The number of hydrogen-bond donors (Lipinski definition) is 1. The molecule has 0 bridgehead atoms. The molecule has 0 aromatic carbocycles. The van der Waals surface area contributed by atoms with Crippen molar-refractivity contribution >= 4 is 0 Å². The van der Waals surface area contributed by atoms with E-state index in [1.165, 1.54) is 0 Å². The molecule has 0 amide bonds. The molecule has 3 nitrogen and oxygen atoms in total. The lowest BCUT2D eigenvalue weighted by Gasteiger charge is -2.18. The maximum absolute atomic E-state index is 5.50. The molecule has 0 aliphatic rings. The van der Waals surface area contributed by atoms with Crippen molar-refractivity contribution in [3.63, 3.8) is 0 Å². The molecule has 0 fully saturated rings. The Balaban J connectivity index is 3.49. The van der Waals surface area contributed by atoms with Crippen LogP contribution in [0.2, 0.25) is 0 Å². The smallest absolute Gasteiger partial charge is 0.0642 e. The highest BCUT2D eigenvalue weighted by Gasteiger charge is 2.06. The molecule has 0 spiro atoms. The Morgan fingerprint density at radius 1 is 1.00 bits per heavy atom. The average molecular weight is 203 g/mol. The summed E-state index contributed by atoms with van der Waals surface area (Å²) in [7, 11) is 0. The molecule has 0 aromatic rings. The van der Waals surface area contributed by atoms with Gasteiger partial charge in [-0.3, -0.25) is 0 Å². The number of nitrogens with one attached hydrogen (secondary N) is 1. The largest absolute Gasteiger partial charge is 0.380 e. The summed E-state index contributed by atoms with van der Waals surface area (Å²) >= 11 is 0. The van der Waals surface area contributed by atoms with Gasteiger partial charge in [-0.05, 0) is 26.3 Å². The Morgan fingerprint density at radius 2 is 1.71 bits per heavy atom. The minimum atomic E-state index is 0.349. The fraction of sp³-hybridized carbons (Fsp3) is 1.00. The van der Waals surface area contributed by atoms with Crippen molar-refractivity contribution in [1.82, 2.24) is 5.32 Å². The van der Waals surface area contributed by atoms with Gasteiger partial charge in [0.15, 0.2) is 0 Å². The van der Waals surface area contributed by atoms with E-state index in [0.717, 1.165) is 45.8 Å². The topological polar surface area (TPSA) is 30.5 Å². The van der Waals surface area contributed by atoms with Crippen LogP contribution in [0, 0.1) is 0 Å². The van der Waals surface area contributed by atoms with E-state index in [9.17, 15) is 0 Å². The first-order valence-corrected chi connectivity index (χ1v) is 5.73. The lowest BCUT2D eigenvalue weighted by molar-refractivity contribution is 0.0604. The van der Waals surface area contributed by atoms with Crippen molar-refractivity contribution in [2.24, 2.45) is 0 Å². The van der Waals surface area contributed by atoms with E-state index < -0.39 is 0 Å². The third kappa shape index (κ3) is 8.48. The Bertz CT molecular complexity index is 101. The van der Waals surface area contributed by atoms with E-state index in [-0.39, 0.29) is 0 Å². The average Bonchev–Trinajstić information content (AvgIpc) is 2.21. The monoisotopic (exact) mass is 203 g/mol. The van der Waals surface area contributed by atoms with Crippen LogP contribution < -0.4 is 5.32 Å². The Kier molecular flexibility index (Phi) is 10.9. The zero-order valence-electron chi connectivity index (χ0n) is 9.84. The Hall–Kier alpha value is -0.120. The molecule has 0 aliphatic carbocycles. The van der Waals surface area contributed by atoms with Gasteiger partial charge < -0.3 is 14.8 Å². The van der Waals surface area contributed by atoms with Gasteiger partial charge in [-0.15, -0.1) is 0 Å². The summed E-state index contributed by atoms with van der Waals surface area (Å²) in [5.41, 5.74) is 0. The second-order valence-corrected chi connectivity index (χ2v) is 3.39. The van der Waals surface area contributed by atoms with E-state index in [1.807, 2.05) is 6.92 Å². The van der Waals surface area contributed by atoms with Crippen LogP contribution in [-0.4, -0.2) is 39.0 Å². The molecular weight excluding hydrogens is 178 g/mol. The first-order valence-electron chi connectivity index (χ1n) is 5.73. The first kappa shape index (κ1) is 13.9. The number of ether oxygens (including phenoxy) is 2. The van der Waals surface area contributed by atoms with E-state index in [2.05, 4.69) is 19.2 Å². The number of rotatable bonds is 10. The molecule has 1 atom stereocenters. The fourth-order valence-electron chi connectivity index (χ4n) is 1.14. The van der Waals surface area contributed by atoms with Crippen LogP contribution in [-0.2, 0) is 9.47 Å². The fourth-order valence-corrected chi connectivity index (χ4v) is 1.14. The Labute approximate surface area is 88.2 Å². The van der Waals surface area contributed by atoms with Gasteiger partial charge >= 0.3 is 0 Å². The summed E-state index contributed by atoms with van der Waals surface area (Å²) in [5, 5.41) is 3.41. The zero-order valence-corrected chi connectivity index (χ0v) is 9.84. The quantitative estimate of drug-likeness (QED) is 0.549. The van der Waals surface area contributed by atoms with Gasteiger partial charge in [-0.2, -0.15) is 0 Å². The molecule has 0 heterocycles. The van der Waals surface area contributed by atoms with Gasteiger partial charge in [0, 0.05) is 13.2 Å². The van der Waals surface area contributed by atoms with Crippen LogP contribution in [0.4, 0.5) is 0 Å². The van der Waals surface area contributed by atoms with Crippen molar-refractivity contribution in [3.05, 3.63) is 0 Å². The third-order valence-electron chi connectivity index (χ3n) is 1.87. The SMILES string of the molecule is CCCNC(COCC)COCCC. The highest BCUT2D eigenvalue weighted by atomic mass is 16.5. The van der Waals surface area contributed by atoms with Gasteiger partial charge in [0.2, 0.25) is 0 Å². The van der Waals surface area contributed by atoms with Crippen LogP contribution >= 0.6 is 0 Å². The van der Waals surface area contributed by atoms with Crippen LogP contribution in [0.1, 0.15) is 33.6 Å². The highest BCUT2D eigenvalue weighted by molar-refractivity contribution is 4.64. The molecule has 0 aromatic heterocycles. The van der Waals surface area contributed by atoms with E-state index in [0.29, 0.717) is 6.04 Å². The van der Waals surface area contributed by atoms with Crippen LogP contribution in [0.25, 0.3) is 0 Å². The second-order valence-electron chi connectivity index (χ2n) is 3.39. The molecule has 3 heteroatoms. The highest BCUT2D eigenvalue weighted by Crippen LogP contribution is 1.91. The summed E-state index contributed by atoms with van der Waals surface area (Å²) in [4.78, 5) is 0. The van der Waals surface area contributed by atoms with Crippen molar-refractivity contribution < 1.29 is 9.47 Å². The molecule has 86 valence electrons. The predicted molar refractivity (Wildman–Crippen MR) is 59.7 cm³/mol. The van der Waals surface area contributed by atoms with Crippen molar-refractivity contribution in [2.45, 2.75) is 39.7 Å². The minimum absolute atomic E-state index is 0.349. The van der Waals surface area contributed by atoms with Gasteiger partial charge in [-0.25, -0.2) is 0 Å². The number of hydrogen-bond acceptors (Lipinski definition) is 3. The lowest BCUT2D eigenvalue weighted by atomic mass is 10.3. The maximum Gasteiger partial charge on any atom is 0.0642 e. The van der Waals surface area contributed by atoms with Gasteiger partial charge in [0.1, 0.15) is 0 Å². The van der Waals surface area contributed by atoms with Crippen LogP contribution in [0.3, 0.4) is 0 Å².